The average Bonchev–Trinajstić information content (AvgIpc) is 2.41. The standard InChI is InChI=1S/C14H17FN2O2/c1-17(8-4-7-13(18)19-2)10-12-6-3-5-11(9-16)14(12)15/h3,5-6H,4,7-8,10H2,1-2H3. The highest BCUT2D eigenvalue weighted by Gasteiger charge is 2.10. The molecule has 0 fully saturated rings. The molecular formula is C14H17FN2O2. The monoisotopic (exact) mass is 264 g/mol. The van der Waals surface area contributed by atoms with Gasteiger partial charge in [0.1, 0.15) is 11.9 Å². The number of nitriles is 1. The second-order valence-corrected chi connectivity index (χ2v) is 4.31. The lowest BCUT2D eigenvalue weighted by molar-refractivity contribution is -0.140. The third-order valence-corrected chi connectivity index (χ3v) is 2.79. The van der Waals surface area contributed by atoms with Crippen LogP contribution in [-0.2, 0) is 16.1 Å². The van der Waals surface area contributed by atoms with Crippen LogP contribution in [0.4, 0.5) is 4.39 Å². The third-order valence-electron chi connectivity index (χ3n) is 2.79. The lowest BCUT2D eigenvalue weighted by Gasteiger charge is -2.16. The number of rotatable bonds is 6. The van der Waals surface area contributed by atoms with Crippen molar-refractivity contribution in [1.82, 2.24) is 4.90 Å². The van der Waals surface area contributed by atoms with Gasteiger partial charge < -0.3 is 9.64 Å². The van der Waals surface area contributed by atoms with Crippen LogP contribution in [0.2, 0.25) is 0 Å². The molecule has 0 saturated heterocycles. The molecule has 0 spiro atoms. The molecule has 0 aromatic heterocycles. The minimum Gasteiger partial charge on any atom is -0.469 e. The van der Waals surface area contributed by atoms with Gasteiger partial charge in [0.05, 0.1) is 12.7 Å². The van der Waals surface area contributed by atoms with E-state index in [0.717, 1.165) is 0 Å². The summed E-state index contributed by atoms with van der Waals surface area (Å²) in [6.07, 6.45) is 1.00. The highest BCUT2D eigenvalue weighted by atomic mass is 19.1. The SMILES string of the molecule is COC(=O)CCCN(C)Cc1cccc(C#N)c1F. The maximum absolute atomic E-state index is 13.8. The van der Waals surface area contributed by atoms with E-state index in [0.29, 0.717) is 31.5 Å². The second kappa shape index (κ2) is 7.49. The summed E-state index contributed by atoms with van der Waals surface area (Å²) in [4.78, 5) is 12.9. The van der Waals surface area contributed by atoms with Crippen molar-refractivity contribution >= 4 is 5.97 Å². The van der Waals surface area contributed by atoms with E-state index in [1.807, 2.05) is 18.0 Å². The Bertz CT molecular complexity index is 483. The first kappa shape index (κ1) is 15.1. The summed E-state index contributed by atoms with van der Waals surface area (Å²) in [6, 6.07) is 6.60. The average molecular weight is 264 g/mol. The first-order chi connectivity index (χ1) is 9.08. The summed E-state index contributed by atoms with van der Waals surface area (Å²) >= 11 is 0. The number of halogens is 1. The molecule has 102 valence electrons. The first-order valence-electron chi connectivity index (χ1n) is 6.01. The smallest absolute Gasteiger partial charge is 0.305 e. The van der Waals surface area contributed by atoms with Crippen molar-refractivity contribution in [3.63, 3.8) is 0 Å². The van der Waals surface area contributed by atoms with E-state index in [1.165, 1.54) is 13.2 Å². The summed E-state index contributed by atoms with van der Waals surface area (Å²) in [6.45, 7) is 1.06. The van der Waals surface area contributed by atoms with E-state index >= 15 is 0 Å². The predicted molar refractivity (Wildman–Crippen MR) is 68.7 cm³/mol. The predicted octanol–water partition coefficient (Wildman–Crippen LogP) is 2.08. The Balaban J connectivity index is 2.51. The zero-order valence-electron chi connectivity index (χ0n) is 11.1. The highest BCUT2D eigenvalue weighted by Crippen LogP contribution is 2.14. The van der Waals surface area contributed by atoms with E-state index in [1.54, 1.807) is 12.1 Å². The fourth-order valence-corrected chi connectivity index (χ4v) is 1.75. The quantitative estimate of drug-likeness (QED) is 0.738. The fraction of sp³-hybridized carbons (Fsp3) is 0.429. The molecule has 0 N–H and O–H groups in total. The Morgan fingerprint density at radius 1 is 1.53 bits per heavy atom. The lowest BCUT2D eigenvalue weighted by atomic mass is 10.1. The Labute approximate surface area is 112 Å². The topological polar surface area (TPSA) is 53.3 Å². The first-order valence-corrected chi connectivity index (χ1v) is 6.01. The lowest BCUT2D eigenvalue weighted by Crippen LogP contribution is -2.20. The minimum atomic E-state index is -0.468. The number of methoxy groups -OCH3 is 1. The molecule has 19 heavy (non-hydrogen) atoms. The van der Waals surface area contributed by atoms with Crippen LogP contribution in [0.25, 0.3) is 0 Å². The molecule has 4 nitrogen and oxygen atoms in total. The number of esters is 1. The molecule has 0 aliphatic heterocycles. The molecule has 0 amide bonds. The number of hydrogen-bond donors (Lipinski definition) is 0. The Morgan fingerprint density at radius 3 is 2.89 bits per heavy atom. The fourth-order valence-electron chi connectivity index (χ4n) is 1.75. The summed E-state index contributed by atoms with van der Waals surface area (Å²) in [5.41, 5.74) is 0.542. The zero-order valence-corrected chi connectivity index (χ0v) is 11.1. The molecule has 1 rings (SSSR count). The van der Waals surface area contributed by atoms with E-state index in [2.05, 4.69) is 4.74 Å². The van der Waals surface area contributed by atoms with Gasteiger partial charge in [0.15, 0.2) is 0 Å². The Kier molecular flexibility index (Phi) is 5.97. The van der Waals surface area contributed by atoms with Crippen LogP contribution >= 0.6 is 0 Å². The molecule has 0 atom stereocenters. The van der Waals surface area contributed by atoms with Crippen LogP contribution < -0.4 is 0 Å². The number of benzene rings is 1. The molecule has 1 aromatic rings. The Hall–Kier alpha value is -1.93. The largest absolute Gasteiger partial charge is 0.469 e. The number of ether oxygens (including phenoxy) is 1. The zero-order chi connectivity index (χ0) is 14.3. The van der Waals surface area contributed by atoms with Gasteiger partial charge in [-0.3, -0.25) is 4.79 Å². The number of carbonyl (C=O) groups excluding carboxylic acids is 1. The summed E-state index contributed by atoms with van der Waals surface area (Å²) in [5, 5.41) is 8.75. The molecule has 0 aliphatic rings. The van der Waals surface area contributed by atoms with Crippen molar-refractivity contribution in [3.05, 3.63) is 35.1 Å². The molecule has 0 bridgehead atoms. The van der Waals surface area contributed by atoms with E-state index in [-0.39, 0.29) is 11.5 Å². The second-order valence-electron chi connectivity index (χ2n) is 4.31. The minimum absolute atomic E-state index is 0.0560. The van der Waals surface area contributed by atoms with Gasteiger partial charge in [0, 0.05) is 18.5 Å². The van der Waals surface area contributed by atoms with Crippen molar-refractivity contribution in [3.8, 4) is 6.07 Å². The van der Waals surface area contributed by atoms with Gasteiger partial charge in [-0.2, -0.15) is 5.26 Å². The maximum Gasteiger partial charge on any atom is 0.305 e. The maximum atomic E-state index is 13.8. The van der Waals surface area contributed by atoms with Crippen LogP contribution in [-0.4, -0.2) is 31.6 Å². The molecule has 0 saturated carbocycles. The van der Waals surface area contributed by atoms with Gasteiger partial charge in [-0.05, 0) is 26.1 Å². The van der Waals surface area contributed by atoms with Crippen LogP contribution in [0, 0.1) is 17.1 Å². The number of hydrogen-bond acceptors (Lipinski definition) is 4. The van der Waals surface area contributed by atoms with Crippen molar-refractivity contribution < 1.29 is 13.9 Å². The normalized spacial score (nSPS) is 10.3. The molecule has 5 heteroatoms. The van der Waals surface area contributed by atoms with E-state index in [4.69, 9.17) is 5.26 Å². The van der Waals surface area contributed by atoms with Crippen molar-refractivity contribution in [2.45, 2.75) is 19.4 Å². The molecule has 1 aromatic carbocycles. The Morgan fingerprint density at radius 2 is 2.26 bits per heavy atom. The van der Waals surface area contributed by atoms with Gasteiger partial charge in [0.2, 0.25) is 0 Å². The molecule has 0 aliphatic carbocycles. The molecule has 0 heterocycles. The van der Waals surface area contributed by atoms with Crippen LogP contribution in [0.15, 0.2) is 18.2 Å². The van der Waals surface area contributed by atoms with Gasteiger partial charge in [-0.15, -0.1) is 0 Å². The van der Waals surface area contributed by atoms with Gasteiger partial charge >= 0.3 is 5.97 Å². The molecule has 0 unspecified atom stereocenters. The summed E-state index contributed by atoms with van der Waals surface area (Å²) in [7, 11) is 3.20. The molecule has 0 radical (unpaired) electrons. The number of carbonyl (C=O) groups is 1. The van der Waals surface area contributed by atoms with Gasteiger partial charge in [-0.1, -0.05) is 12.1 Å². The molecular weight excluding hydrogens is 247 g/mol. The van der Waals surface area contributed by atoms with Gasteiger partial charge in [-0.25, -0.2) is 4.39 Å². The van der Waals surface area contributed by atoms with Crippen LogP contribution in [0.5, 0.6) is 0 Å². The highest BCUT2D eigenvalue weighted by molar-refractivity contribution is 5.69. The van der Waals surface area contributed by atoms with Gasteiger partial charge in [0.25, 0.3) is 0 Å². The van der Waals surface area contributed by atoms with Crippen LogP contribution in [0.1, 0.15) is 24.0 Å². The summed E-state index contributed by atoms with van der Waals surface area (Å²) < 4.78 is 18.4. The third kappa shape index (κ3) is 4.68. The summed E-state index contributed by atoms with van der Waals surface area (Å²) in [5.74, 6) is -0.712. The van der Waals surface area contributed by atoms with E-state index < -0.39 is 5.82 Å². The van der Waals surface area contributed by atoms with Crippen molar-refractivity contribution in [2.75, 3.05) is 20.7 Å². The van der Waals surface area contributed by atoms with Crippen LogP contribution in [0.3, 0.4) is 0 Å². The van der Waals surface area contributed by atoms with Crippen molar-refractivity contribution in [2.24, 2.45) is 0 Å². The van der Waals surface area contributed by atoms with Crippen molar-refractivity contribution in [1.29, 1.82) is 5.26 Å². The number of nitrogens with zero attached hydrogens (tertiary/aromatic N) is 2. The van der Waals surface area contributed by atoms with E-state index in [9.17, 15) is 9.18 Å².